The monoisotopic (exact) mass is 777 g/mol. The van der Waals surface area contributed by atoms with Crippen LogP contribution in [0.2, 0.25) is 0 Å². The van der Waals surface area contributed by atoms with Gasteiger partial charge in [0, 0.05) is 44.9 Å². The summed E-state index contributed by atoms with van der Waals surface area (Å²) in [5.74, 6) is 0. The third kappa shape index (κ3) is 5.85. The molecular formula is C58H39N3. The molecule has 3 nitrogen and oxygen atoms in total. The molecule has 1 aliphatic rings. The Bertz CT molecular complexity index is 3570. The second kappa shape index (κ2) is 14.4. The normalized spacial score (nSPS) is 13.1. The van der Waals surface area contributed by atoms with Crippen LogP contribution in [-0.4, -0.2) is 14.8 Å². The molecule has 0 spiro atoms. The number of hydrogen-bond acceptors (Lipinski definition) is 1. The number of aromatic nitrogens is 2. The standard InChI is InChI=1S/C58H39N3/c1-5-16-39(17-6-1)43-23-15-26-47(36-43)61-53-34-35-54-58(56-48-27-14-13-20-41(48)30-33-52(56)60(54)46-24-11-4-12-25-46)57(53)49-31-28-45(38-55(49)61)50-32-29-44(40-18-7-2-8-19-40)37-51(59-50)42-21-9-3-10-22-42/h1-31,33-38H,32H2. The van der Waals surface area contributed by atoms with Crippen LogP contribution in [0.3, 0.4) is 0 Å². The van der Waals surface area contributed by atoms with Crippen molar-refractivity contribution >= 4 is 71.4 Å². The third-order valence-corrected chi connectivity index (χ3v) is 12.3. The summed E-state index contributed by atoms with van der Waals surface area (Å²) in [4.78, 5) is 5.48. The maximum Gasteiger partial charge on any atom is 0.0711 e. The topological polar surface area (TPSA) is 22.2 Å². The van der Waals surface area contributed by atoms with Gasteiger partial charge >= 0.3 is 0 Å². The van der Waals surface area contributed by atoms with Crippen LogP contribution in [0.25, 0.3) is 88.2 Å². The van der Waals surface area contributed by atoms with Crippen LogP contribution in [0.15, 0.2) is 229 Å². The van der Waals surface area contributed by atoms with E-state index in [4.69, 9.17) is 4.99 Å². The Morgan fingerprint density at radius 3 is 1.69 bits per heavy atom. The van der Waals surface area contributed by atoms with E-state index in [2.05, 4.69) is 234 Å². The third-order valence-electron chi connectivity index (χ3n) is 12.3. The fraction of sp³-hybridized carbons (Fsp3) is 0.0172. The minimum absolute atomic E-state index is 0.701. The van der Waals surface area contributed by atoms with Crippen molar-refractivity contribution in [1.29, 1.82) is 0 Å². The van der Waals surface area contributed by atoms with Crippen LogP contribution in [0.4, 0.5) is 0 Å². The molecule has 11 aromatic rings. The van der Waals surface area contributed by atoms with E-state index in [0.29, 0.717) is 6.42 Å². The quantitative estimate of drug-likeness (QED) is 0.160. The van der Waals surface area contributed by atoms with Crippen molar-refractivity contribution in [3.05, 3.63) is 241 Å². The van der Waals surface area contributed by atoms with Crippen molar-refractivity contribution in [1.82, 2.24) is 9.13 Å². The zero-order valence-electron chi connectivity index (χ0n) is 33.4. The molecule has 0 saturated heterocycles. The van der Waals surface area contributed by atoms with E-state index < -0.39 is 0 Å². The SMILES string of the molecule is C1=C(c2ccccc2)C=C(c2ccccc2)N=C(c2ccc3c4c5c6c7ccccc7ccc6n(-c6ccccc6)c5ccc4n(-c4cccc(-c5ccccc5)c4)c3c2)C1. The van der Waals surface area contributed by atoms with Gasteiger partial charge in [-0.3, -0.25) is 4.99 Å². The highest BCUT2D eigenvalue weighted by Crippen LogP contribution is 2.45. The Morgan fingerprint density at radius 1 is 0.361 bits per heavy atom. The molecule has 9 aromatic carbocycles. The Kier molecular flexibility index (Phi) is 8.24. The second-order valence-electron chi connectivity index (χ2n) is 15.9. The van der Waals surface area contributed by atoms with Gasteiger partial charge in [0.15, 0.2) is 0 Å². The van der Waals surface area contributed by atoms with E-state index in [1.807, 2.05) is 0 Å². The predicted octanol–water partition coefficient (Wildman–Crippen LogP) is 15.0. The van der Waals surface area contributed by atoms with Crippen molar-refractivity contribution in [3.8, 4) is 22.5 Å². The van der Waals surface area contributed by atoms with Crippen LogP contribution >= 0.6 is 0 Å². The summed E-state index contributed by atoms with van der Waals surface area (Å²) in [6.45, 7) is 0. The van der Waals surface area contributed by atoms with Gasteiger partial charge in [-0.05, 0) is 93.2 Å². The van der Waals surface area contributed by atoms with E-state index in [1.165, 1.54) is 71.1 Å². The first kappa shape index (κ1) is 35.0. The number of aliphatic imine (C=N–C) groups is 1. The van der Waals surface area contributed by atoms with E-state index >= 15 is 0 Å². The Balaban J connectivity index is 1.16. The predicted molar refractivity (Wildman–Crippen MR) is 258 cm³/mol. The van der Waals surface area contributed by atoms with Crippen LogP contribution in [0.1, 0.15) is 23.1 Å². The molecule has 0 fully saturated rings. The highest BCUT2D eigenvalue weighted by atomic mass is 15.0. The van der Waals surface area contributed by atoms with Gasteiger partial charge in [0.1, 0.15) is 0 Å². The van der Waals surface area contributed by atoms with E-state index in [-0.39, 0.29) is 0 Å². The highest BCUT2D eigenvalue weighted by Gasteiger charge is 2.23. The van der Waals surface area contributed by atoms with Crippen molar-refractivity contribution in [2.75, 3.05) is 0 Å². The maximum absolute atomic E-state index is 5.48. The lowest BCUT2D eigenvalue weighted by Crippen LogP contribution is -2.01. The molecule has 2 aromatic heterocycles. The zero-order chi connectivity index (χ0) is 40.3. The van der Waals surface area contributed by atoms with Gasteiger partial charge in [0.05, 0.1) is 33.5 Å². The molecule has 12 rings (SSSR count). The summed E-state index contributed by atoms with van der Waals surface area (Å²) < 4.78 is 4.92. The van der Waals surface area contributed by atoms with Gasteiger partial charge in [-0.25, -0.2) is 0 Å². The maximum atomic E-state index is 5.48. The van der Waals surface area contributed by atoms with Crippen molar-refractivity contribution in [2.45, 2.75) is 6.42 Å². The molecule has 0 radical (unpaired) electrons. The molecule has 0 bridgehead atoms. The zero-order valence-corrected chi connectivity index (χ0v) is 33.4. The van der Waals surface area contributed by atoms with Gasteiger partial charge in [0.2, 0.25) is 0 Å². The minimum Gasteiger partial charge on any atom is -0.309 e. The summed E-state index contributed by atoms with van der Waals surface area (Å²) in [5, 5.41) is 7.48. The summed E-state index contributed by atoms with van der Waals surface area (Å²) >= 11 is 0. The number of hydrogen-bond donors (Lipinski definition) is 0. The Labute approximate surface area is 354 Å². The first-order valence-corrected chi connectivity index (χ1v) is 21.0. The summed E-state index contributed by atoms with van der Waals surface area (Å²) in [5.41, 5.74) is 15.9. The smallest absolute Gasteiger partial charge is 0.0711 e. The first-order chi connectivity index (χ1) is 30.3. The number of fused-ring (bicyclic) bond motifs is 9. The number of rotatable bonds is 6. The molecule has 0 saturated carbocycles. The van der Waals surface area contributed by atoms with Crippen LogP contribution in [0, 0.1) is 0 Å². The lowest BCUT2D eigenvalue weighted by molar-refractivity contribution is 1.17. The molecule has 3 heterocycles. The number of nitrogens with zero attached hydrogens (tertiary/aromatic N) is 3. The molecule has 0 N–H and O–H groups in total. The van der Waals surface area contributed by atoms with E-state index in [1.54, 1.807) is 0 Å². The summed E-state index contributed by atoms with van der Waals surface area (Å²) in [6.07, 6.45) is 5.28. The molecule has 286 valence electrons. The van der Waals surface area contributed by atoms with E-state index in [0.717, 1.165) is 39.4 Å². The van der Waals surface area contributed by atoms with Gasteiger partial charge in [-0.2, -0.15) is 0 Å². The van der Waals surface area contributed by atoms with Crippen molar-refractivity contribution < 1.29 is 0 Å². The average Bonchev–Trinajstić information content (AvgIpc) is 3.75. The molecule has 0 amide bonds. The Morgan fingerprint density at radius 2 is 0.934 bits per heavy atom. The summed E-state index contributed by atoms with van der Waals surface area (Å²) in [7, 11) is 0. The lowest BCUT2D eigenvalue weighted by atomic mass is 9.99. The molecule has 0 unspecified atom stereocenters. The largest absolute Gasteiger partial charge is 0.309 e. The second-order valence-corrected chi connectivity index (χ2v) is 15.9. The number of allylic oxidation sites excluding steroid dienone is 3. The van der Waals surface area contributed by atoms with Gasteiger partial charge in [-0.15, -0.1) is 0 Å². The minimum atomic E-state index is 0.701. The molecular weight excluding hydrogens is 739 g/mol. The fourth-order valence-electron chi connectivity index (χ4n) is 9.55. The molecule has 0 atom stereocenters. The average molecular weight is 778 g/mol. The van der Waals surface area contributed by atoms with Gasteiger partial charge < -0.3 is 9.13 Å². The Hall–Kier alpha value is -8.01. The molecule has 1 aliphatic heterocycles. The molecule has 61 heavy (non-hydrogen) atoms. The summed E-state index contributed by atoms with van der Waals surface area (Å²) in [6, 6.07) is 76.7. The fourth-order valence-corrected chi connectivity index (χ4v) is 9.55. The number of para-hydroxylation sites is 1. The van der Waals surface area contributed by atoms with Crippen LogP contribution < -0.4 is 0 Å². The van der Waals surface area contributed by atoms with Crippen molar-refractivity contribution in [3.63, 3.8) is 0 Å². The van der Waals surface area contributed by atoms with E-state index in [9.17, 15) is 0 Å². The first-order valence-electron chi connectivity index (χ1n) is 21.0. The van der Waals surface area contributed by atoms with Crippen molar-refractivity contribution in [2.24, 2.45) is 4.99 Å². The van der Waals surface area contributed by atoms with Gasteiger partial charge in [0.25, 0.3) is 0 Å². The molecule has 0 aliphatic carbocycles. The lowest BCUT2D eigenvalue weighted by Gasteiger charge is -2.12. The highest BCUT2D eigenvalue weighted by molar-refractivity contribution is 6.33. The van der Waals surface area contributed by atoms with Crippen LogP contribution in [0.5, 0.6) is 0 Å². The number of benzene rings is 9. The van der Waals surface area contributed by atoms with Crippen LogP contribution in [-0.2, 0) is 0 Å². The molecule has 3 heteroatoms. The van der Waals surface area contributed by atoms with Gasteiger partial charge in [-0.1, -0.05) is 170 Å².